The highest BCUT2D eigenvalue weighted by molar-refractivity contribution is 5.79. The van der Waals surface area contributed by atoms with Gasteiger partial charge in [-0.3, -0.25) is 19.7 Å². The molecule has 5 nitrogen and oxygen atoms in total. The number of benzene rings is 1. The molecule has 0 amide bonds. The Bertz CT molecular complexity index is 939. The molecule has 1 fully saturated rings. The lowest BCUT2D eigenvalue weighted by Crippen LogP contribution is -2.39. The number of aliphatic carboxylic acids is 1. The van der Waals surface area contributed by atoms with Gasteiger partial charge >= 0.3 is 5.97 Å². The Morgan fingerprint density at radius 3 is 2.81 bits per heavy atom. The number of carboxylic acid groups (broad SMARTS) is 1. The van der Waals surface area contributed by atoms with Gasteiger partial charge in [-0.25, -0.2) is 0 Å². The molecule has 0 spiro atoms. The van der Waals surface area contributed by atoms with E-state index in [4.69, 9.17) is 0 Å². The van der Waals surface area contributed by atoms with Crippen molar-refractivity contribution in [3.8, 4) is 0 Å². The second-order valence-electron chi connectivity index (χ2n) is 6.86. The van der Waals surface area contributed by atoms with Crippen molar-refractivity contribution in [1.29, 1.82) is 0 Å². The molecular formula is C21H21N3O2. The zero-order valence-electron chi connectivity index (χ0n) is 14.7. The van der Waals surface area contributed by atoms with Crippen molar-refractivity contribution < 1.29 is 9.90 Å². The minimum absolute atomic E-state index is 0.212. The summed E-state index contributed by atoms with van der Waals surface area (Å²) in [4.78, 5) is 23.0. The largest absolute Gasteiger partial charge is 0.480 e. The first kappa shape index (κ1) is 16.7. The molecular weight excluding hydrogens is 326 g/mol. The highest BCUT2D eigenvalue weighted by Gasteiger charge is 2.37. The Kier molecular flexibility index (Phi) is 4.39. The number of pyridine rings is 2. The summed E-state index contributed by atoms with van der Waals surface area (Å²) in [7, 11) is 0. The summed E-state index contributed by atoms with van der Waals surface area (Å²) in [6.45, 7) is 2.74. The van der Waals surface area contributed by atoms with Crippen molar-refractivity contribution in [1.82, 2.24) is 14.9 Å². The molecule has 2 aromatic heterocycles. The first-order valence-electron chi connectivity index (χ1n) is 8.89. The Morgan fingerprint density at radius 2 is 2.04 bits per heavy atom. The van der Waals surface area contributed by atoms with Crippen LogP contribution in [0.5, 0.6) is 0 Å². The molecule has 0 bridgehead atoms. The molecule has 0 aliphatic carbocycles. The first-order valence-corrected chi connectivity index (χ1v) is 8.89. The van der Waals surface area contributed by atoms with E-state index in [-0.39, 0.29) is 6.04 Å². The highest BCUT2D eigenvalue weighted by Crippen LogP contribution is 2.34. The van der Waals surface area contributed by atoms with E-state index in [0.29, 0.717) is 6.42 Å². The van der Waals surface area contributed by atoms with Gasteiger partial charge in [0.15, 0.2) is 0 Å². The molecule has 1 aliphatic rings. The Balaban J connectivity index is 1.83. The van der Waals surface area contributed by atoms with Crippen LogP contribution in [0, 0.1) is 6.92 Å². The summed E-state index contributed by atoms with van der Waals surface area (Å²) in [5.74, 6) is -0.770. The van der Waals surface area contributed by atoms with Gasteiger partial charge in [0.25, 0.3) is 0 Å². The molecule has 0 saturated carbocycles. The van der Waals surface area contributed by atoms with E-state index in [9.17, 15) is 9.90 Å². The van der Waals surface area contributed by atoms with E-state index < -0.39 is 12.0 Å². The molecule has 3 heterocycles. The van der Waals surface area contributed by atoms with Crippen LogP contribution in [-0.4, -0.2) is 38.5 Å². The topological polar surface area (TPSA) is 66.3 Å². The van der Waals surface area contributed by atoms with Gasteiger partial charge in [0.2, 0.25) is 0 Å². The van der Waals surface area contributed by atoms with E-state index in [1.54, 1.807) is 0 Å². The fraction of sp³-hybridized carbons (Fsp3) is 0.286. The van der Waals surface area contributed by atoms with E-state index in [1.165, 1.54) is 0 Å². The first-order chi connectivity index (χ1) is 12.6. The van der Waals surface area contributed by atoms with Gasteiger partial charge < -0.3 is 5.11 Å². The number of aromatic nitrogens is 2. The predicted octanol–water partition coefficient (Wildman–Crippen LogP) is 3.58. The number of hydrogen-bond donors (Lipinski definition) is 1. The molecule has 1 saturated heterocycles. The second-order valence-corrected chi connectivity index (χ2v) is 6.86. The van der Waals surface area contributed by atoms with Crippen molar-refractivity contribution in [2.24, 2.45) is 0 Å². The predicted molar refractivity (Wildman–Crippen MR) is 99.9 cm³/mol. The van der Waals surface area contributed by atoms with Crippen LogP contribution in [-0.2, 0) is 4.79 Å². The molecule has 26 heavy (non-hydrogen) atoms. The van der Waals surface area contributed by atoms with Crippen LogP contribution in [0.25, 0.3) is 10.9 Å². The molecule has 1 N–H and O–H groups in total. The Labute approximate surface area is 152 Å². The number of aryl methyl sites for hydroxylation is 1. The van der Waals surface area contributed by atoms with Crippen molar-refractivity contribution >= 4 is 16.9 Å². The maximum atomic E-state index is 11.8. The van der Waals surface area contributed by atoms with Gasteiger partial charge in [-0.05, 0) is 49.1 Å². The van der Waals surface area contributed by atoms with Crippen LogP contribution in [0.15, 0.2) is 54.9 Å². The number of likely N-dealkylation sites (tertiary alicyclic amines) is 1. The Hall–Kier alpha value is -2.79. The van der Waals surface area contributed by atoms with Crippen LogP contribution in [0.4, 0.5) is 0 Å². The number of nitrogens with zero attached hydrogens (tertiary/aromatic N) is 3. The van der Waals surface area contributed by atoms with Crippen LogP contribution < -0.4 is 0 Å². The average molecular weight is 347 g/mol. The molecule has 2 atom stereocenters. The van der Waals surface area contributed by atoms with E-state index in [1.807, 2.05) is 60.6 Å². The third-order valence-electron chi connectivity index (χ3n) is 5.05. The lowest BCUT2D eigenvalue weighted by molar-refractivity contribution is -0.142. The molecule has 1 aliphatic heterocycles. The molecule has 1 aromatic carbocycles. The quantitative estimate of drug-likeness (QED) is 0.781. The molecule has 4 rings (SSSR count). The monoisotopic (exact) mass is 347 g/mol. The summed E-state index contributed by atoms with van der Waals surface area (Å²) in [5, 5.41) is 10.7. The molecule has 5 heteroatoms. The number of para-hydroxylation sites is 1. The van der Waals surface area contributed by atoms with Gasteiger partial charge in [0.1, 0.15) is 6.04 Å². The van der Waals surface area contributed by atoms with Crippen LogP contribution in [0.2, 0.25) is 0 Å². The summed E-state index contributed by atoms with van der Waals surface area (Å²) < 4.78 is 0. The zero-order valence-corrected chi connectivity index (χ0v) is 14.7. The van der Waals surface area contributed by atoms with Crippen molar-refractivity contribution in [2.75, 3.05) is 6.54 Å². The SMILES string of the molecule is Cc1ccc(C(c2cnc3ccccc3c2)N2CCCC2C(=O)O)nc1. The smallest absolute Gasteiger partial charge is 0.320 e. The zero-order chi connectivity index (χ0) is 18.1. The van der Waals surface area contributed by atoms with E-state index in [2.05, 4.69) is 16.0 Å². The number of rotatable bonds is 4. The summed E-state index contributed by atoms with van der Waals surface area (Å²) in [5.41, 5.74) is 3.86. The second kappa shape index (κ2) is 6.84. The summed E-state index contributed by atoms with van der Waals surface area (Å²) >= 11 is 0. The van der Waals surface area contributed by atoms with Crippen molar-refractivity contribution in [3.05, 3.63) is 71.7 Å². The normalized spacial score (nSPS) is 18.9. The maximum Gasteiger partial charge on any atom is 0.320 e. The third kappa shape index (κ3) is 3.06. The number of carbonyl (C=O) groups is 1. The fourth-order valence-corrected chi connectivity index (χ4v) is 3.77. The lowest BCUT2D eigenvalue weighted by Gasteiger charge is -2.31. The highest BCUT2D eigenvalue weighted by atomic mass is 16.4. The van der Waals surface area contributed by atoms with Crippen molar-refractivity contribution in [3.63, 3.8) is 0 Å². The number of carboxylic acids is 1. The van der Waals surface area contributed by atoms with Gasteiger partial charge in [-0.15, -0.1) is 0 Å². The number of hydrogen-bond acceptors (Lipinski definition) is 4. The van der Waals surface area contributed by atoms with E-state index >= 15 is 0 Å². The van der Waals surface area contributed by atoms with Crippen LogP contribution in [0.1, 0.15) is 35.7 Å². The fourth-order valence-electron chi connectivity index (χ4n) is 3.77. The summed E-state index contributed by atoms with van der Waals surface area (Å²) in [6, 6.07) is 13.4. The van der Waals surface area contributed by atoms with Crippen molar-refractivity contribution in [2.45, 2.75) is 31.8 Å². The average Bonchev–Trinajstić information content (AvgIpc) is 3.13. The van der Waals surface area contributed by atoms with Crippen LogP contribution in [0.3, 0.4) is 0 Å². The van der Waals surface area contributed by atoms with Gasteiger partial charge in [-0.1, -0.05) is 24.3 Å². The van der Waals surface area contributed by atoms with Crippen LogP contribution >= 0.6 is 0 Å². The molecule has 3 aromatic rings. The standard InChI is InChI=1S/C21H21N3O2/c1-14-8-9-18(22-12-14)20(24-10-4-7-19(24)21(25)26)16-11-15-5-2-3-6-17(15)23-13-16/h2-3,5-6,8-9,11-13,19-20H,4,7,10H2,1H3,(H,25,26). The van der Waals surface area contributed by atoms with E-state index in [0.717, 1.165) is 40.7 Å². The Morgan fingerprint density at radius 1 is 1.19 bits per heavy atom. The van der Waals surface area contributed by atoms with Gasteiger partial charge in [0, 0.05) is 24.3 Å². The third-order valence-corrected chi connectivity index (χ3v) is 5.05. The number of fused-ring (bicyclic) bond motifs is 1. The minimum atomic E-state index is -0.770. The molecule has 132 valence electrons. The lowest BCUT2D eigenvalue weighted by atomic mass is 10.00. The maximum absolute atomic E-state index is 11.8. The molecule has 2 unspecified atom stereocenters. The minimum Gasteiger partial charge on any atom is -0.480 e. The summed E-state index contributed by atoms with van der Waals surface area (Å²) in [6.07, 6.45) is 5.23. The van der Waals surface area contributed by atoms with Gasteiger partial charge in [0.05, 0.1) is 17.3 Å². The molecule has 0 radical (unpaired) electrons. The van der Waals surface area contributed by atoms with Gasteiger partial charge in [-0.2, -0.15) is 0 Å².